The molecular formula is C17H17FN4O4. The Morgan fingerprint density at radius 3 is 2.92 bits per heavy atom. The number of halogens is 1. The molecule has 8 nitrogen and oxygen atoms in total. The molecule has 1 aliphatic heterocycles. The summed E-state index contributed by atoms with van der Waals surface area (Å²) in [6.07, 6.45) is 3.46. The van der Waals surface area contributed by atoms with Crippen LogP contribution in [0.15, 0.2) is 30.6 Å². The smallest absolute Gasteiger partial charge is 0.279 e. The molecule has 0 radical (unpaired) electrons. The van der Waals surface area contributed by atoms with Crippen molar-refractivity contribution in [3.8, 4) is 0 Å². The number of hydrogen-bond donors (Lipinski definition) is 3. The number of hydrogen-bond acceptors (Lipinski definition) is 6. The number of benzene rings is 1. The van der Waals surface area contributed by atoms with Crippen molar-refractivity contribution in [2.45, 2.75) is 13.3 Å². The summed E-state index contributed by atoms with van der Waals surface area (Å²) in [4.78, 5) is 33.0. The van der Waals surface area contributed by atoms with Crippen LogP contribution in [0.25, 0.3) is 0 Å². The van der Waals surface area contributed by atoms with E-state index < -0.39 is 24.2 Å². The molecule has 1 aromatic carbocycles. The second-order valence-electron chi connectivity index (χ2n) is 5.80. The van der Waals surface area contributed by atoms with Crippen LogP contribution < -0.4 is 10.8 Å². The number of rotatable bonds is 5. The van der Waals surface area contributed by atoms with Gasteiger partial charge in [-0.3, -0.25) is 24.6 Å². The maximum atomic E-state index is 14.1. The number of pyridine rings is 1. The third kappa shape index (κ3) is 3.63. The molecule has 1 aliphatic rings. The number of fused-ring (bicyclic) bond motifs is 1. The molecule has 3 rings (SSSR count). The van der Waals surface area contributed by atoms with Crippen molar-refractivity contribution in [1.29, 1.82) is 0 Å². The maximum Gasteiger partial charge on any atom is 0.279 e. The first-order valence-electron chi connectivity index (χ1n) is 7.87. The van der Waals surface area contributed by atoms with E-state index in [2.05, 4.69) is 10.3 Å². The van der Waals surface area contributed by atoms with Gasteiger partial charge in [0, 0.05) is 6.20 Å². The van der Waals surface area contributed by atoms with Gasteiger partial charge in [0.25, 0.3) is 11.8 Å². The quantitative estimate of drug-likeness (QED) is 0.554. The Kier molecular flexibility index (Phi) is 5.10. The normalized spacial score (nSPS) is 13.3. The molecule has 0 aliphatic carbocycles. The number of aryl methyl sites for hydroxylation is 1. The van der Waals surface area contributed by atoms with Crippen molar-refractivity contribution in [3.63, 3.8) is 0 Å². The van der Waals surface area contributed by atoms with Crippen LogP contribution in [-0.2, 0) is 16.1 Å². The summed E-state index contributed by atoms with van der Waals surface area (Å²) in [5.74, 6) is -1.70. The van der Waals surface area contributed by atoms with Crippen molar-refractivity contribution < 1.29 is 24.0 Å². The lowest BCUT2D eigenvalue weighted by Crippen LogP contribution is -2.40. The topological polar surface area (TPSA) is 104 Å². The van der Waals surface area contributed by atoms with Crippen LogP contribution in [0, 0.1) is 12.7 Å². The fraction of sp³-hybridized carbons (Fsp3) is 0.235. The lowest BCUT2D eigenvalue weighted by atomic mass is 10.0. The van der Waals surface area contributed by atoms with E-state index in [1.807, 2.05) is 0 Å². The minimum atomic E-state index is -0.779. The fourth-order valence-electron chi connectivity index (χ4n) is 2.65. The van der Waals surface area contributed by atoms with Gasteiger partial charge in [-0.1, -0.05) is 6.07 Å². The standard InChI is InChI=1S/C17H17FN4O4/c1-10-2-3-13(12(18)6-10)20-14-8-19-7-11-4-5-22(17(24)16(11)14)26-9-15(23)21-25/h2-3,6-8,20,25H,4-5,9H2,1H3,(H,21,23). The van der Waals surface area contributed by atoms with Crippen molar-refractivity contribution in [2.75, 3.05) is 18.5 Å². The molecule has 2 amide bonds. The third-order valence-corrected chi connectivity index (χ3v) is 3.92. The minimum Gasteiger partial charge on any atom is -0.351 e. The van der Waals surface area contributed by atoms with E-state index in [0.29, 0.717) is 23.2 Å². The third-order valence-electron chi connectivity index (χ3n) is 3.92. The Hall–Kier alpha value is -3.04. The van der Waals surface area contributed by atoms with Crippen molar-refractivity contribution in [1.82, 2.24) is 15.5 Å². The van der Waals surface area contributed by atoms with E-state index in [-0.39, 0.29) is 12.2 Å². The zero-order valence-electron chi connectivity index (χ0n) is 14.0. The Morgan fingerprint density at radius 2 is 2.19 bits per heavy atom. The first kappa shape index (κ1) is 17.8. The molecule has 0 bridgehead atoms. The highest BCUT2D eigenvalue weighted by Crippen LogP contribution is 2.29. The van der Waals surface area contributed by atoms with Crippen molar-refractivity contribution in [3.05, 3.63) is 53.1 Å². The van der Waals surface area contributed by atoms with Gasteiger partial charge >= 0.3 is 0 Å². The Labute approximate surface area is 148 Å². The van der Waals surface area contributed by atoms with E-state index in [9.17, 15) is 14.0 Å². The highest BCUT2D eigenvalue weighted by Gasteiger charge is 2.29. The summed E-state index contributed by atoms with van der Waals surface area (Å²) in [7, 11) is 0. The number of anilines is 2. The van der Waals surface area contributed by atoms with Gasteiger partial charge in [-0.05, 0) is 36.6 Å². The second-order valence-corrected chi connectivity index (χ2v) is 5.80. The van der Waals surface area contributed by atoms with E-state index in [1.54, 1.807) is 25.3 Å². The van der Waals surface area contributed by atoms with E-state index in [1.165, 1.54) is 17.7 Å². The van der Waals surface area contributed by atoms with Gasteiger partial charge in [0.2, 0.25) is 0 Å². The first-order valence-corrected chi connectivity index (χ1v) is 7.87. The predicted molar refractivity (Wildman–Crippen MR) is 89.3 cm³/mol. The molecule has 0 atom stereocenters. The molecule has 9 heteroatoms. The zero-order chi connectivity index (χ0) is 18.7. The number of hydroxylamine groups is 3. The molecule has 0 fully saturated rings. The molecule has 0 saturated heterocycles. The van der Waals surface area contributed by atoms with Gasteiger partial charge in [-0.2, -0.15) is 0 Å². The molecule has 26 heavy (non-hydrogen) atoms. The maximum absolute atomic E-state index is 14.1. The van der Waals surface area contributed by atoms with Crippen LogP contribution in [0.1, 0.15) is 21.5 Å². The Morgan fingerprint density at radius 1 is 1.38 bits per heavy atom. The molecule has 0 spiro atoms. The molecule has 2 aromatic rings. The molecule has 136 valence electrons. The number of carbonyl (C=O) groups is 2. The van der Waals surface area contributed by atoms with Gasteiger partial charge < -0.3 is 5.32 Å². The largest absolute Gasteiger partial charge is 0.351 e. The molecule has 0 unspecified atom stereocenters. The summed E-state index contributed by atoms with van der Waals surface area (Å²) in [6, 6.07) is 4.71. The molecule has 2 heterocycles. The van der Waals surface area contributed by atoms with Crippen molar-refractivity contribution >= 4 is 23.2 Å². The van der Waals surface area contributed by atoms with Gasteiger partial charge in [-0.15, -0.1) is 0 Å². The molecule has 1 aromatic heterocycles. The van der Waals surface area contributed by atoms with Crippen LogP contribution in [0.5, 0.6) is 0 Å². The fourth-order valence-corrected chi connectivity index (χ4v) is 2.65. The average molecular weight is 360 g/mol. The van der Waals surface area contributed by atoms with Crippen LogP contribution in [0.2, 0.25) is 0 Å². The van der Waals surface area contributed by atoms with Crippen LogP contribution in [0.3, 0.4) is 0 Å². The summed E-state index contributed by atoms with van der Waals surface area (Å²) >= 11 is 0. The number of nitrogens with zero attached hydrogens (tertiary/aromatic N) is 2. The van der Waals surface area contributed by atoms with Crippen LogP contribution >= 0.6 is 0 Å². The van der Waals surface area contributed by atoms with E-state index in [0.717, 1.165) is 10.6 Å². The summed E-state index contributed by atoms with van der Waals surface area (Å²) in [5.41, 5.74) is 3.76. The monoisotopic (exact) mass is 360 g/mol. The zero-order valence-corrected chi connectivity index (χ0v) is 14.0. The average Bonchev–Trinajstić information content (AvgIpc) is 2.63. The lowest BCUT2D eigenvalue weighted by Gasteiger charge is -2.28. The number of carbonyl (C=O) groups excluding carboxylic acids is 2. The van der Waals surface area contributed by atoms with Gasteiger partial charge in [0.1, 0.15) is 5.82 Å². The van der Waals surface area contributed by atoms with Crippen LogP contribution in [-0.4, -0.2) is 40.2 Å². The van der Waals surface area contributed by atoms with Gasteiger partial charge in [-0.25, -0.2) is 14.9 Å². The van der Waals surface area contributed by atoms with Gasteiger partial charge in [0.15, 0.2) is 6.61 Å². The predicted octanol–water partition coefficient (Wildman–Crippen LogP) is 1.71. The number of aromatic nitrogens is 1. The number of nitrogens with one attached hydrogen (secondary N) is 2. The Balaban J connectivity index is 1.86. The molecule has 0 saturated carbocycles. The second kappa shape index (κ2) is 7.46. The van der Waals surface area contributed by atoms with E-state index in [4.69, 9.17) is 10.0 Å². The Bertz CT molecular complexity index is 859. The van der Waals surface area contributed by atoms with E-state index >= 15 is 0 Å². The highest BCUT2D eigenvalue weighted by atomic mass is 19.1. The van der Waals surface area contributed by atoms with Crippen LogP contribution in [0.4, 0.5) is 15.8 Å². The summed E-state index contributed by atoms with van der Waals surface area (Å²) in [5, 5.41) is 12.4. The highest BCUT2D eigenvalue weighted by molar-refractivity contribution is 6.02. The summed E-state index contributed by atoms with van der Waals surface area (Å²) < 4.78 is 14.1. The first-order chi connectivity index (χ1) is 12.5. The number of amides is 2. The SMILES string of the molecule is Cc1ccc(Nc2cncc3c2C(=O)N(OCC(=O)NO)CC3)c(F)c1. The van der Waals surface area contributed by atoms with Gasteiger partial charge in [0.05, 0.1) is 29.7 Å². The molecule has 3 N–H and O–H groups in total. The molecular weight excluding hydrogens is 343 g/mol. The lowest BCUT2D eigenvalue weighted by molar-refractivity contribution is -0.157. The summed E-state index contributed by atoms with van der Waals surface area (Å²) in [6.45, 7) is 1.51. The minimum absolute atomic E-state index is 0.219. The van der Waals surface area contributed by atoms with Crippen molar-refractivity contribution in [2.24, 2.45) is 0 Å².